The van der Waals surface area contributed by atoms with Crippen LogP contribution >= 0.6 is 0 Å². The van der Waals surface area contributed by atoms with Crippen molar-refractivity contribution in [3.63, 3.8) is 0 Å². The molecule has 0 aliphatic carbocycles. The second kappa shape index (κ2) is 6.73. The number of halogens is 2. The molecule has 0 radical (unpaired) electrons. The average Bonchev–Trinajstić information content (AvgIpc) is 2.56. The molecule has 1 atom stereocenters. The van der Waals surface area contributed by atoms with E-state index in [2.05, 4.69) is 0 Å². The van der Waals surface area contributed by atoms with Crippen LogP contribution in [0, 0.1) is 5.92 Å². The predicted octanol–water partition coefficient (Wildman–Crippen LogP) is 2.06. The van der Waals surface area contributed by atoms with Crippen LogP contribution in [0.15, 0.2) is 24.3 Å². The molecular formula is C15H19F2NO3S. The highest BCUT2D eigenvalue weighted by molar-refractivity contribution is 7.91. The van der Waals surface area contributed by atoms with Gasteiger partial charge >= 0.3 is 0 Å². The van der Waals surface area contributed by atoms with E-state index in [-0.39, 0.29) is 41.9 Å². The number of nitrogens with zero attached hydrogens (tertiary/aromatic N) is 1. The Morgan fingerprint density at radius 3 is 2.82 bits per heavy atom. The molecule has 1 fully saturated rings. The quantitative estimate of drug-likeness (QED) is 0.852. The first-order valence-corrected chi connectivity index (χ1v) is 8.94. The zero-order valence-electron chi connectivity index (χ0n) is 12.3. The van der Waals surface area contributed by atoms with Gasteiger partial charge in [0.15, 0.2) is 9.84 Å². The van der Waals surface area contributed by atoms with Crippen LogP contribution in [0.3, 0.4) is 0 Å². The number of benzene rings is 1. The van der Waals surface area contributed by atoms with Crippen molar-refractivity contribution in [1.82, 2.24) is 4.90 Å². The lowest BCUT2D eigenvalue weighted by Gasteiger charge is -2.22. The van der Waals surface area contributed by atoms with Gasteiger partial charge in [0.1, 0.15) is 0 Å². The minimum Gasteiger partial charge on any atom is -0.341 e. The number of carbonyl (C=O) groups excluding carboxylic acids is 1. The number of hydrogen-bond acceptors (Lipinski definition) is 3. The molecule has 1 saturated heterocycles. The minimum absolute atomic E-state index is 0.00727. The summed E-state index contributed by atoms with van der Waals surface area (Å²) in [6.07, 6.45) is -2.56. The largest absolute Gasteiger partial charge is 0.341 e. The Kier molecular flexibility index (Phi) is 5.16. The molecule has 4 nitrogen and oxygen atoms in total. The van der Waals surface area contributed by atoms with E-state index in [0.717, 1.165) is 0 Å². The maximum absolute atomic E-state index is 12.7. The van der Waals surface area contributed by atoms with E-state index in [1.807, 2.05) is 0 Å². The predicted molar refractivity (Wildman–Crippen MR) is 79.5 cm³/mol. The van der Waals surface area contributed by atoms with Gasteiger partial charge in [0, 0.05) is 18.7 Å². The first kappa shape index (κ1) is 16.9. The summed E-state index contributed by atoms with van der Waals surface area (Å²) in [4.78, 5) is 13.8. The normalized spacial score (nSPS) is 21.6. The van der Waals surface area contributed by atoms with Crippen molar-refractivity contribution in [2.45, 2.75) is 19.8 Å². The molecule has 22 heavy (non-hydrogen) atoms. The highest BCUT2D eigenvalue weighted by Crippen LogP contribution is 2.20. The third-order valence-corrected chi connectivity index (χ3v) is 5.54. The van der Waals surface area contributed by atoms with Crippen molar-refractivity contribution in [2.24, 2.45) is 5.92 Å². The topological polar surface area (TPSA) is 54.5 Å². The fourth-order valence-electron chi connectivity index (χ4n) is 2.64. The summed E-state index contributed by atoms with van der Waals surface area (Å²) in [7, 11) is -3.12. The summed E-state index contributed by atoms with van der Waals surface area (Å²) in [6, 6.07) is 5.77. The van der Waals surface area contributed by atoms with Crippen LogP contribution in [0.1, 0.15) is 24.5 Å². The van der Waals surface area contributed by atoms with Crippen molar-refractivity contribution in [2.75, 3.05) is 24.6 Å². The summed E-state index contributed by atoms with van der Waals surface area (Å²) in [6.45, 7) is 2.34. The van der Waals surface area contributed by atoms with Gasteiger partial charge in [-0.1, -0.05) is 25.1 Å². The van der Waals surface area contributed by atoms with Gasteiger partial charge in [0.25, 0.3) is 6.43 Å². The number of alkyl halides is 2. The molecule has 0 aromatic heterocycles. The number of carbonyl (C=O) groups is 1. The molecule has 122 valence electrons. The summed E-state index contributed by atoms with van der Waals surface area (Å²) in [5, 5.41) is 0. The van der Waals surface area contributed by atoms with Gasteiger partial charge in [-0.3, -0.25) is 4.79 Å². The Balaban J connectivity index is 2.07. The lowest BCUT2D eigenvalue weighted by molar-refractivity contribution is -0.130. The van der Waals surface area contributed by atoms with Crippen LogP contribution in [0.4, 0.5) is 8.78 Å². The van der Waals surface area contributed by atoms with Crippen molar-refractivity contribution in [3.8, 4) is 0 Å². The molecule has 1 aliphatic heterocycles. The summed E-state index contributed by atoms with van der Waals surface area (Å²) < 4.78 is 48.7. The lowest BCUT2D eigenvalue weighted by Crippen LogP contribution is -2.36. The van der Waals surface area contributed by atoms with Crippen LogP contribution in [0.25, 0.3) is 0 Å². The van der Waals surface area contributed by atoms with E-state index in [9.17, 15) is 22.0 Å². The molecule has 0 bridgehead atoms. The van der Waals surface area contributed by atoms with Gasteiger partial charge in [0.05, 0.1) is 17.9 Å². The van der Waals surface area contributed by atoms with Gasteiger partial charge < -0.3 is 4.90 Å². The fraction of sp³-hybridized carbons (Fsp3) is 0.533. The van der Waals surface area contributed by atoms with Gasteiger partial charge in [-0.25, -0.2) is 17.2 Å². The van der Waals surface area contributed by atoms with E-state index in [4.69, 9.17) is 0 Å². The zero-order chi connectivity index (χ0) is 16.3. The smallest absolute Gasteiger partial charge is 0.263 e. The number of sulfone groups is 1. The molecule has 1 aromatic rings. The van der Waals surface area contributed by atoms with Crippen molar-refractivity contribution >= 4 is 15.7 Å². The summed E-state index contributed by atoms with van der Waals surface area (Å²) in [5.41, 5.74) is 0.402. The maximum atomic E-state index is 12.7. The van der Waals surface area contributed by atoms with E-state index in [0.29, 0.717) is 12.1 Å². The molecule has 1 unspecified atom stereocenters. The second-order valence-corrected chi connectivity index (χ2v) is 8.01. The Morgan fingerprint density at radius 2 is 2.14 bits per heavy atom. The van der Waals surface area contributed by atoms with Gasteiger partial charge in [-0.15, -0.1) is 0 Å². The van der Waals surface area contributed by atoms with E-state index in [1.165, 1.54) is 23.1 Å². The lowest BCUT2D eigenvalue weighted by atomic mass is 10.1. The molecule has 1 amide bonds. The zero-order valence-corrected chi connectivity index (χ0v) is 13.2. The first-order chi connectivity index (χ1) is 10.3. The Morgan fingerprint density at radius 1 is 1.41 bits per heavy atom. The highest BCUT2D eigenvalue weighted by atomic mass is 32.2. The second-order valence-electron chi connectivity index (χ2n) is 5.78. The molecule has 2 rings (SSSR count). The van der Waals surface area contributed by atoms with Crippen LogP contribution in [0.2, 0.25) is 0 Å². The molecule has 1 aromatic carbocycles. The van der Waals surface area contributed by atoms with Gasteiger partial charge in [-0.2, -0.15) is 0 Å². The fourth-order valence-corrected chi connectivity index (χ4v) is 4.28. The first-order valence-electron chi connectivity index (χ1n) is 7.12. The molecule has 7 heteroatoms. The van der Waals surface area contributed by atoms with Crippen LogP contribution in [-0.4, -0.2) is 43.8 Å². The van der Waals surface area contributed by atoms with Crippen LogP contribution in [-0.2, 0) is 21.1 Å². The van der Waals surface area contributed by atoms with E-state index >= 15 is 0 Å². The molecule has 0 saturated carbocycles. The van der Waals surface area contributed by atoms with Crippen LogP contribution < -0.4 is 0 Å². The average molecular weight is 331 g/mol. The van der Waals surface area contributed by atoms with Crippen molar-refractivity contribution in [3.05, 3.63) is 35.4 Å². The Hall–Kier alpha value is -1.50. The Labute approximate surface area is 129 Å². The van der Waals surface area contributed by atoms with E-state index in [1.54, 1.807) is 13.0 Å². The molecule has 0 N–H and O–H groups in total. The minimum atomic E-state index is -3.12. The van der Waals surface area contributed by atoms with E-state index < -0.39 is 16.3 Å². The summed E-state index contributed by atoms with van der Waals surface area (Å²) >= 11 is 0. The number of rotatable bonds is 3. The standard InChI is InChI=1S/C15H19F2NO3S/c1-11-9-18(5-6-22(20,21)10-11)14(19)8-12-3-2-4-13(7-12)15(16)17/h2-4,7,11,15H,5-6,8-10H2,1H3. The SMILES string of the molecule is CC1CN(C(=O)Cc2cccc(C(F)F)c2)CCS(=O)(=O)C1. The molecule has 0 spiro atoms. The Bertz CT molecular complexity index is 646. The molecule has 1 heterocycles. The monoisotopic (exact) mass is 331 g/mol. The molecule has 1 aliphatic rings. The van der Waals surface area contributed by atoms with Crippen molar-refractivity contribution < 1.29 is 22.0 Å². The highest BCUT2D eigenvalue weighted by Gasteiger charge is 2.26. The molecular weight excluding hydrogens is 312 g/mol. The third kappa shape index (κ3) is 4.50. The van der Waals surface area contributed by atoms with Crippen molar-refractivity contribution in [1.29, 1.82) is 0 Å². The number of hydrogen-bond donors (Lipinski definition) is 0. The number of amides is 1. The van der Waals surface area contributed by atoms with Gasteiger partial charge in [0.2, 0.25) is 5.91 Å². The van der Waals surface area contributed by atoms with Gasteiger partial charge in [-0.05, 0) is 17.5 Å². The van der Waals surface area contributed by atoms with Crippen LogP contribution in [0.5, 0.6) is 0 Å². The third-order valence-electron chi connectivity index (χ3n) is 3.65. The maximum Gasteiger partial charge on any atom is 0.263 e. The summed E-state index contributed by atoms with van der Waals surface area (Å²) in [5.74, 6) is -0.308.